The fraction of sp³-hybridized carbons (Fsp3) is 0.250. The van der Waals surface area contributed by atoms with Gasteiger partial charge >= 0.3 is 0 Å². The van der Waals surface area contributed by atoms with E-state index in [1.54, 1.807) is 6.07 Å². The lowest BCUT2D eigenvalue weighted by Crippen LogP contribution is -2.16. The number of ether oxygens (including phenoxy) is 1. The van der Waals surface area contributed by atoms with Crippen LogP contribution in [0.25, 0.3) is 0 Å². The Balaban J connectivity index is 2.49. The Labute approximate surface area is 99.7 Å². The van der Waals surface area contributed by atoms with Crippen LogP contribution in [0.5, 0.6) is 5.75 Å². The van der Waals surface area contributed by atoms with Crippen LogP contribution in [0.15, 0.2) is 29.4 Å². The van der Waals surface area contributed by atoms with Gasteiger partial charge in [0.1, 0.15) is 12.2 Å². The van der Waals surface area contributed by atoms with Crippen molar-refractivity contribution in [1.82, 2.24) is 5.43 Å². The second kappa shape index (κ2) is 7.01. The quantitative estimate of drug-likeness (QED) is 0.615. The number of benzene rings is 1. The minimum Gasteiger partial charge on any atom is -0.494 e. The number of nitrogens with one attached hydrogen (secondary N) is 1. The van der Waals surface area contributed by atoms with E-state index in [2.05, 4.69) is 10.5 Å². The Kier molecular flexibility index (Phi) is 5.25. The summed E-state index contributed by atoms with van der Waals surface area (Å²) in [4.78, 5) is 10.9. The lowest BCUT2D eigenvalue weighted by atomic mass is 10.2. The van der Waals surface area contributed by atoms with Gasteiger partial charge in [-0.3, -0.25) is 4.79 Å². The Morgan fingerprint density at radius 3 is 2.82 bits per heavy atom. The van der Waals surface area contributed by atoms with Crippen LogP contribution in [0, 0.1) is 11.3 Å². The Morgan fingerprint density at radius 1 is 1.53 bits per heavy atom. The molecule has 0 aliphatic heterocycles. The largest absolute Gasteiger partial charge is 0.494 e. The maximum Gasteiger partial charge on any atom is 0.254 e. The molecule has 5 heteroatoms. The number of hydrogen-bond acceptors (Lipinski definition) is 4. The zero-order valence-electron chi connectivity index (χ0n) is 9.51. The summed E-state index contributed by atoms with van der Waals surface area (Å²) < 4.78 is 5.29. The molecule has 1 aromatic carbocycles. The van der Waals surface area contributed by atoms with Gasteiger partial charge in [-0.05, 0) is 36.8 Å². The van der Waals surface area contributed by atoms with Crippen molar-refractivity contribution < 1.29 is 9.53 Å². The summed E-state index contributed by atoms with van der Waals surface area (Å²) in [5.41, 5.74) is 3.09. The van der Waals surface area contributed by atoms with E-state index in [-0.39, 0.29) is 6.42 Å². The predicted molar refractivity (Wildman–Crippen MR) is 63.6 cm³/mol. The number of nitriles is 1. The van der Waals surface area contributed by atoms with E-state index in [0.29, 0.717) is 6.61 Å². The van der Waals surface area contributed by atoms with Crippen LogP contribution < -0.4 is 10.2 Å². The van der Waals surface area contributed by atoms with Crippen LogP contribution in [0.4, 0.5) is 0 Å². The molecule has 1 amide bonds. The van der Waals surface area contributed by atoms with E-state index in [1.807, 2.05) is 31.2 Å². The second-order valence-corrected chi connectivity index (χ2v) is 3.13. The molecule has 0 aliphatic carbocycles. The summed E-state index contributed by atoms with van der Waals surface area (Å²) in [5.74, 6) is 0.368. The van der Waals surface area contributed by atoms with Crippen molar-refractivity contribution in [1.29, 1.82) is 5.26 Å². The third-order valence-electron chi connectivity index (χ3n) is 1.83. The number of nitrogens with zero attached hydrogens (tertiary/aromatic N) is 2. The predicted octanol–water partition coefficient (Wildman–Crippen LogP) is 1.45. The highest BCUT2D eigenvalue weighted by molar-refractivity contribution is 5.83. The molecule has 0 radical (unpaired) electrons. The smallest absolute Gasteiger partial charge is 0.254 e. The van der Waals surface area contributed by atoms with Crippen molar-refractivity contribution in [2.45, 2.75) is 13.3 Å². The lowest BCUT2D eigenvalue weighted by molar-refractivity contribution is -0.120. The SMILES string of the molecule is CCOc1ccc(/C=N\NC(=O)CC#N)cc1. The van der Waals surface area contributed by atoms with Crippen LogP contribution in [0.3, 0.4) is 0 Å². The molecule has 1 N–H and O–H groups in total. The third kappa shape index (κ3) is 4.80. The molecule has 0 saturated carbocycles. The molecule has 17 heavy (non-hydrogen) atoms. The van der Waals surface area contributed by atoms with Crippen molar-refractivity contribution in [2.24, 2.45) is 5.10 Å². The van der Waals surface area contributed by atoms with Crippen molar-refractivity contribution >= 4 is 12.1 Å². The topological polar surface area (TPSA) is 74.5 Å². The first kappa shape index (κ1) is 12.7. The first-order valence-electron chi connectivity index (χ1n) is 5.18. The van der Waals surface area contributed by atoms with Gasteiger partial charge in [-0.1, -0.05) is 0 Å². The minimum atomic E-state index is -0.422. The number of amides is 1. The lowest BCUT2D eigenvalue weighted by Gasteiger charge is -2.01. The average molecular weight is 231 g/mol. The highest BCUT2D eigenvalue weighted by atomic mass is 16.5. The highest BCUT2D eigenvalue weighted by Gasteiger charge is 1.96. The van der Waals surface area contributed by atoms with E-state index in [0.717, 1.165) is 11.3 Å². The summed E-state index contributed by atoms with van der Waals surface area (Å²) in [6.07, 6.45) is 1.31. The van der Waals surface area contributed by atoms with E-state index >= 15 is 0 Å². The molecule has 5 nitrogen and oxygen atoms in total. The molecular weight excluding hydrogens is 218 g/mol. The van der Waals surface area contributed by atoms with Crippen LogP contribution in [0.1, 0.15) is 18.9 Å². The van der Waals surface area contributed by atoms with E-state index < -0.39 is 5.91 Å². The molecule has 0 aliphatic rings. The van der Waals surface area contributed by atoms with Crippen molar-refractivity contribution in [2.75, 3.05) is 6.61 Å². The summed E-state index contributed by atoms with van der Waals surface area (Å²) in [6.45, 7) is 2.54. The maximum atomic E-state index is 10.9. The van der Waals surface area contributed by atoms with Gasteiger partial charge in [0.05, 0.1) is 18.9 Å². The van der Waals surface area contributed by atoms with Gasteiger partial charge in [0.2, 0.25) is 0 Å². The second-order valence-electron chi connectivity index (χ2n) is 3.13. The van der Waals surface area contributed by atoms with Crippen LogP contribution >= 0.6 is 0 Å². The molecule has 0 atom stereocenters. The van der Waals surface area contributed by atoms with Gasteiger partial charge in [0, 0.05) is 0 Å². The number of carbonyl (C=O) groups is 1. The van der Waals surface area contributed by atoms with Crippen LogP contribution in [-0.2, 0) is 4.79 Å². The standard InChI is InChI=1S/C12H13N3O2/c1-2-17-11-5-3-10(4-6-11)9-14-15-12(16)7-8-13/h3-6,9H,2,7H2,1H3,(H,15,16)/b14-9-. The molecule has 0 spiro atoms. The fourth-order valence-corrected chi connectivity index (χ4v) is 1.11. The number of hydrogen-bond donors (Lipinski definition) is 1. The number of hydrazone groups is 1. The van der Waals surface area contributed by atoms with Gasteiger partial charge in [-0.2, -0.15) is 10.4 Å². The minimum absolute atomic E-state index is 0.194. The summed E-state index contributed by atoms with van der Waals surface area (Å²) in [5, 5.41) is 12.0. The maximum absolute atomic E-state index is 10.9. The molecule has 0 saturated heterocycles. The first-order chi connectivity index (χ1) is 8.26. The molecule has 1 aromatic rings. The zero-order chi connectivity index (χ0) is 12.5. The summed E-state index contributed by atoms with van der Waals surface area (Å²) in [6, 6.07) is 9.03. The molecule has 0 fully saturated rings. The van der Waals surface area contributed by atoms with Crippen LogP contribution in [-0.4, -0.2) is 18.7 Å². The monoisotopic (exact) mass is 231 g/mol. The van der Waals surface area contributed by atoms with Crippen molar-refractivity contribution in [3.63, 3.8) is 0 Å². The van der Waals surface area contributed by atoms with E-state index in [9.17, 15) is 4.79 Å². The zero-order valence-corrected chi connectivity index (χ0v) is 9.51. The normalized spacial score (nSPS) is 9.88. The van der Waals surface area contributed by atoms with Gasteiger partial charge < -0.3 is 4.74 Å². The van der Waals surface area contributed by atoms with Gasteiger partial charge in [0.15, 0.2) is 0 Å². The average Bonchev–Trinajstić information content (AvgIpc) is 2.32. The Hall–Kier alpha value is -2.35. The van der Waals surface area contributed by atoms with Gasteiger partial charge in [0.25, 0.3) is 5.91 Å². The Morgan fingerprint density at radius 2 is 2.24 bits per heavy atom. The van der Waals surface area contributed by atoms with E-state index in [4.69, 9.17) is 10.00 Å². The highest BCUT2D eigenvalue weighted by Crippen LogP contribution is 2.10. The molecule has 0 unspecified atom stereocenters. The molecule has 88 valence electrons. The Bertz CT molecular complexity index is 432. The van der Waals surface area contributed by atoms with E-state index in [1.165, 1.54) is 6.21 Å². The van der Waals surface area contributed by atoms with Crippen molar-refractivity contribution in [3.8, 4) is 11.8 Å². The molecule has 0 aromatic heterocycles. The molecule has 1 rings (SSSR count). The molecular formula is C12H13N3O2. The summed E-state index contributed by atoms with van der Waals surface area (Å²) in [7, 11) is 0. The molecule has 0 heterocycles. The van der Waals surface area contributed by atoms with Gasteiger partial charge in [-0.15, -0.1) is 0 Å². The van der Waals surface area contributed by atoms with Crippen LogP contribution in [0.2, 0.25) is 0 Å². The number of rotatable bonds is 5. The fourth-order valence-electron chi connectivity index (χ4n) is 1.11. The van der Waals surface area contributed by atoms with Crippen molar-refractivity contribution in [3.05, 3.63) is 29.8 Å². The third-order valence-corrected chi connectivity index (χ3v) is 1.83. The van der Waals surface area contributed by atoms with Gasteiger partial charge in [-0.25, -0.2) is 5.43 Å². The summed E-state index contributed by atoms with van der Waals surface area (Å²) >= 11 is 0. The first-order valence-corrected chi connectivity index (χ1v) is 5.18. The molecule has 0 bridgehead atoms. The number of carbonyl (C=O) groups excluding carboxylic acids is 1.